The summed E-state index contributed by atoms with van der Waals surface area (Å²) in [4.78, 5) is 14.4. The Bertz CT molecular complexity index is 548. The summed E-state index contributed by atoms with van der Waals surface area (Å²) >= 11 is 0. The number of carbonyl (C=O) groups is 1. The number of amides is 1. The average Bonchev–Trinajstić information content (AvgIpc) is 2.94. The summed E-state index contributed by atoms with van der Waals surface area (Å²) in [6.07, 6.45) is 1.51. The Kier molecular flexibility index (Phi) is 5.40. The third-order valence-corrected chi connectivity index (χ3v) is 3.92. The van der Waals surface area contributed by atoms with Crippen molar-refractivity contribution < 1.29 is 14.6 Å². The molecule has 1 amide bonds. The summed E-state index contributed by atoms with van der Waals surface area (Å²) in [5, 5.41) is 18.3. The predicted molar refractivity (Wildman–Crippen MR) is 82.3 cm³/mol. The summed E-state index contributed by atoms with van der Waals surface area (Å²) in [6.45, 7) is 4.20. The molecular weight excluding hydrogens is 280 g/mol. The van der Waals surface area contributed by atoms with Crippen LogP contribution in [0.3, 0.4) is 0 Å². The quantitative estimate of drug-likeness (QED) is 0.904. The molecule has 0 aromatic heterocycles. The van der Waals surface area contributed by atoms with Crippen LogP contribution in [0.15, 0.2) is 24.3 Å². The van der Waals surface area contributed by atoms with E-state index in [1.54, 1.807) is 38.1 Å². The number of benzene rings is 1. The monoisotopic (exact) mass is 302 g/mol. The molecule has 0 saturated carbocycles. The van der Waals surface area contributed by atoms with Gasteiger partial charge in [0.15, 0.2) is 6.10 Å². The number of likely N-dealkylation sites (tertiary alicyclic amines) is 1. The van der Waals surface area contributed by atoms with E-state index in [-0.39, 0.29) is 11.9 Å². The van der Waals surface area contributed by atoms with Gasteiger partial charge in [-0.2, -0.15) is 5.26 Å². The molecule has 0 spiro atoms. The Morgan fingerprint density at radius 2 is 2.14 bits per heavy atom. The minimum atomic E-state index is -0.581. The Hall–Kier alpha value is -2.06. The lowest BCUT2D eigenvalue weighted by Crippen LogP contribution is -2.44. The summed E-state index contributed by atoms with van der Waals surface area (Å²) in [5.74, 6) is 0.527. The van der Waals surface area contributed by atoms with E-state index in [2.05, 4.69) is 0 Å². The first-order valence-corrected chi connectivity index (χ1v) is 7.66. The lowest BCUT2D eigenvalue weighted by molar-refractivity contribution is -0.139. The van der Waals surface area contributed by atoms with Crippen molar-refractivity contribution in [2.24, 2.45) is 0 Å². The number of aliphatic hydroxyl groups is 1. The number of hydrogen-bond acceptors (Lipinski definition) is 4. The first kappa shape index (κ1) is 16.3. The van der Waals surface area contributed by atoms with Crippen LogP contribution in [-0.4, -0.2) is 40.7 Å². The van der Waals surface area contributed by atoms with Crippen LogP contribution in [0.25, 0.3) is 0 Å². The second kappa shape index (κ2) is 7.28. The highest BCUT2D eigenvalue weighted by Crippen LogP contribution is 2.23. The topological polar surface area (TPSA) is 73.6 Å². The standard InChI is InChI=1S/C17H22N2O3/c1-12(20)10-15-4-3-9-19(15)17(21)13(2)22-16-7-5-14(11-18)6-8-16/h5-8,12-13,15,20H,3-4,9-10H2,1-2H3. The fraction of sp³-hybridized carbons (Fsp3) is 0.529. The maximum absolute atomic E-state index is 12.5. The number of aliphatic hydroxyl groups excluding tert-OH is 1. The highest BCUT2D eigenvalue weighted by molar-refractivity contribution is 5.81. The number of rotatable bonds is 5. The minimum Gasteiger partial charge on any atom is -0.481 e. The molecule has 1 aliphatic rings. The van der Waals surface area contributed by atoms with E-state index in [1.807, 2.05) is 11.0 Å². The highest BCUT2D eigenvalue weighted by Gasteiger charge is 2.32. The van der Waals surface area contributed by atoms with Crippen LogP contribution in [0.5, 0.6) is 5.75 Å². The van der Waals surface area contributed by atoms with Crippen LogP contribution >= 0.6 is 0 Å². The molecule has 5 nitrogen and oxygen atoms in total. The van der Waals surface area contributed by atoms with E-state index in [1.165, 1.54) is 0 Å². The van der Waals surface area contributed by atoms with Crippen molar-refractivity contribution in [3.63, 3.8) is 0 Å². The van der Waals surface area contributed by atoms with Crippen LogP contribution in [0.2, 0.25) is 0 Å². The fourth-order valence-corrected chi connectivity index (χ4v) is 2.86. The second-order valence-corrected chi connectivity index (χ2v) is 5.81. The van der Waals surface area contributed by atoms with Gasteiger partial charge in [-0.05, 0) is 57.4 Å². The third kappa shape index (κ3) is 3.99. The molecule has 22 heavy (non-hydrogen) atoms. The number of carbonyl (C=O) groups excluding carboxylic acids is 1. The lowest BCUT2D eigenvalue weighted by atomic mass is 10.1. The summed E-state index contributed by atoms with van der Waals surface area (Å²) < 4.78 is 5.68. The van der Waals surface area contributed by atoms with Crippen molar-refractivity contribution in [1.82, 2.24) is 4.90 Å². The van der Waals surface area contributed by atoms with Crippen LogP contribution in [-0.2, 0) is 4.79 Å². The molecule has 0 bridgehead atoms. The molecule has 0 radical (unpaired) electrons. The largest absolute Gasteiger partial charge is 0.481 e. The first-order chi connectivity index (χ1) is 10.5. The maximum atomic E-state index is 12.5. The van der Waals surface area contributed by atoms with Crippen LogP contribution in [0.4, 0.5) is 0 Å². The van der Waals surface area contributed by atoms with Gasteiger partial charge < -0.3 is 14.7 Å². The smallest absolute Gasteiger partial charge is 0.263 e. The Balaban J connectivity index is 1.97. The van der Waals surface area contributed by atoms with Gasteiger partial charge >= 0.3 is 0 Å². The first-order valence-electron chi connectivity index (χ1n) is 7.66. The molecule has 1 fully saturated rings. The fourth-order valence-electron chi connectivity index (χ4n) is 2.86. The van der Waals surface area contributed by atoms with Gasteiger partial charge in [-0.1, -0.05) is 0 Å². The Labute approximate surface area is 131 Å². The Morgan fingerprint density at radius 1 is 1.45 bits per heavy atom. The highest BCUT2D eigenvalue weighted by atomic mass is 16.5. The minimum absolute atomic E-state index is 0.0486. The van der Waals surface area contributed by atoms with Gasteiger partial charge in [0.05, 0.1) is 17.7 Å². The number of nitrogens with zero attached hydrogens (tertiary/aromatic N) is 2. The van der Waals surface area contributed by atoms with Crippen molar-refractivity contribution in [2.45, 2.75) is 51.4 Å². The van der Waals surface area contributed by atoms with E-state index < -0.39 is 12.2 Å². The number of ether oxygens (including phenoxy) is 1. The van der Waals surface area contributed by atoms with Crippen molar-refractivity contribution in [1.29, 1.82) is 5.26 Å². The molecule has 1 saturated heterocycles. The predicted octanol–water partition coefficient (Wildman–Crippen LogP) is 2.09. The van der Waals surface area contributed by atoms with Crippen LogP contribution in [0.1, 0.15) is 38.7 Å². The Morgan fingerprint density at radius 3 is 2.73 bits per heavy atom. The van der Waals surface area contributed by atoms with Crippen LogP contribution in [0, 0.1) is 11.3 Å². The van der Waals surface area contributed by atoms with Crippen molar-refractivity contribution in [2.75, 3.05) is 6.54 Å². The zero-order chi connectivity index (χ0) is 16.1. The second-order valence-electron chi connectivity index (χ2n) is 5.81. The van der Waals surface area contributed by atoms with Gasteiger partial charge in [-0.3, -0.25) is 4.79 Å². The van der Waals surface area contributed by atoms with E-state index in [4.69, 9.17) is 10.00 Å². The molecule has 1 aromatic rings. The van der Waals surface area contributed by atoms with Gasteiger partial charge in [0, 0.05) is 12.6 Å². The number of hydrogen-bond donors (Lipinski definition) is 1. The van der Waals surface area contributed by atoms with Gasteiger partial charge in [-0.25, -0.2) is 0 Å². The van der Waals surface area contributed by atoms with Crippen molar-refractivity contribution >= 4 is 5.91 Å². The lowest BCUT2D eigenvalue weighted by Gasteiger charge is -2.28. The molecule has 1 aromatic carbocycles. The van der Waals surface area contributed by atoms with Gasteiger partial charge in [0.25, 0.3) is 5.91 Å². The number of nitriles is 1. The average molecular weight is 302 g/mol. The van der Waals surface area contributed by atoms with Gasteiger partial charge in [0.1, 0.15) is 5.75 Å². The summed E-state index contributed by atoms with van der Waals surface area (Å²) in [5.41, 5.74) is 0.558. The molecule has 1 N–H and O–H groups in total. The normalized spacial score (nSPS) is 20.3. The molecule has 1 heterocycles. The summed E-state index contributed by atoms with van der Waals surface area (Å²) in [6, 6.07) is 8.86. The van der Waals surface area contributed by atoms with Crippen molar-refractivity contribution in [3.8, 4) is 11.8 Å². The summed E-state index contributed by atoms with van der Waals surface area (Å²) in [7, 11) is 0. The molecule has 0 aliphatic carbocycles. The van der Waals surface area contributed by atoms with Crippen LogP contribution < -0.4 is 4.74 Å². The zero-order valence-electron chi connectivity index (χ0n) is 13.0. The molecule has 1 aliphatic heterocycles. The molecule has 3 atom stereocenters. The van der Waals surface area contributed by atoms with Gasteiger partial charge in [-0.15, -0.1) is 0 Å². The van der Waals surface area contributed by atoms with Crippen molar-refractivity contribution in [3.05, 3.63) is 29.8 Å². The maximum Gasteiger partial charge on any atom is 0.263 e. The van der Waals surface area contributed by atoms with E-state index in [0.717, 1.165) is 19.4 Å². The van der Waals surface area contributed by atoms with E-state index in [0.29, 0.717) is 17.7 Å². The molecule has 118 valence electrons. The SMILES string of the molecule is CC(O)CC1CCCN1C(=O)C(C)Oc1ccc(C#N)cc1. The molecular formula is C17H22N2O3. The molecule has 3 unspecified atom stereocenters. The molecule has 2 rings (SSSR count). The molecule has 5 heteroatoms. The third-order valence-electron chi connectivity index (χ3n) is 3.92. The van der Waals surface area contributed by atoms with E-state index >= 15 is 0 Å². The zero-order valence-corrected chi connectivity index (χ0v) is 13.0. The van der Waals surface area contributed by atoms with E-state index in [9.17, 15) is 9.90 Å². The van der Waals surface area contributed by atoms with Gasteiger partial charge in [0.2, 0.25) is 0 Å².